The lowest BCUT2D eigenvalue weighted by Crippen LogP contribution is -2.02. The van der Waals surface area contributed by atoms with Crippen LogP contribution in [-0.2, 0) is 12.8 Å². The normalized spacial score (nSPS) is 15.2. The van der Waals surface area contributed by atoms with E-state index in [-0.39, 0.29) is 5.78 Å². The highest BCUT2D eigenvalue weighted by Crippen LogP contribution is 2.29. The molecule has 4 rings (SSSR count). The Kier molecular flexibility index (Phi) is 2.52. The molecule has 2 heterocycles. The summed E-state index contributed by atoms with van der Waals surface area (Å²) in [5.41, 5.74) is 3.71. The molecule has 0 saturated carbocycles. The van der Waals surface area contributed by atoms with Gasteiger partial charge in [0.15, 0.2) is 5.78 Å². The number of rotatable bonds is 2. The van der Waals surface area contributed by atoms with Gasteiger partial charge in [0, 0.05) is 24.0 Å². The molecule has 0 unspecified atom stereocenters. The van der Waals surface area contributed by atoms with Crippen molar-refractivity contribution in [3.05, 3.63) is 58.7 Å². The highest BCUT2D eigenvalue weighted by molar-refractivity contribution is 6.09. The maximum Gasteiger partial charge on any atom is 0.193 e. The molecule has 0 fully saturated rings. The molecule has 0 bridgehead atoms. The topological polar surface area (TPSA) is 35.5 Å². The van der Waals surface area contributed by atoms with Crippen LogP contribution in [0.1, 0.15) is 27.0 Å². The van der Waals surface area contributed by atoms with Gasteiger partial charge >= 0.3 is 0 Å². The zero-order valence-electron chi connectivity index (χ0n) is 11.0. The Bertz CT molecular complexity index is 644. The number of fused-ring (bicyclic) bond motifs is 2. The van der Waals surface area contributed by atoms with Gasteiger partial charge in [-0.2, -0.15) is 0 Å². The van der Waals surface area contributed by atoms with Gasteiger partial charge in [0.1, 0.15) is 11.5 Å². The van der Waals surface area contributed by atoms with Crippen molar-refractivity contribution in [2.24, 2.45) is 0 Å². The Morgan fingerprint density at radius 3 is 1.80 bits per heavy atom. The number of ketones is 1. The van der Waals surface area contributed by atoms with E-state index < -0.39 is 0 Å². The lowest BCUT2D eigenvalue weighted by atomic mass is 9.98. The van der Waals surface area contributed by atoms with Gasteiger partial charge in [0.2, 0.25) is 0 Å². The fraction of sp³-hybridized carbons (Fsp3) is 0.235. The van der Waals surface area contributed by atoms with Gasteiger partial charge in [-0.1, -0.05) is 0 Å². The molecule has 3 heteroatoms. The van der Waals surface area contributed by atoms with Gasteiger partial charge in [-0.05, 0) is 47.5 Å². The van der Waals surface area contributed by atoms with E-state index in [1.54, 1.807) is 0 Å². The minimum atomic E-state index is 0.0643. The molecule has 3 nitrogen and oxygen atoms in total. The first-order valence-electron chi connectivity index (χ1n) is 6.87. The number of hydrogen-bond acceptors (Lipinski definition) is 3. The standard InChI is InChI=1S/C17H14O3/c18-17(13-1-3-15-11(9-13)5-7-19-15)14-2-4-16-12(10-14)6-8-20-16/h1-4,9-10H,5-8H2. The second-order valence-corrected chi connectivity index (χ2v) is 5.17. The van der Waals surface area contributed by atoms with E-state index in [0.29, 0.717) is 13.2 Å². The van der Waals surface area contributed by atoms with Crippen LogP contribution in [0.3, 0.4) is 0 Å². The summed E-state index contributed by atoms with van der Waals surface area (Å²) in [6.07, 6.45) is 1.77. The average molecular weight is 266 g/mol. The van der Waals surface area contributed by atoms with E-state index in [2.05, 4.69) is 0 Å². The Labute approximate surface area is 117 Å². The van der Waals surface area contributed by atoms with Crippen LogP contribution in [0, 0.1) is 0 Å². The fourth-order valence-electron chi connectivity index (χ4n) is 2.82. The molecule has 100 valence electrons. The molecule has 0 aromatic heterocycles. The quantitative estimate of drug-likeness (QED) is 0.784. The van der Waals surface area contributed by atoms with Crippen LogP contribution in [0.15, 0.2) is 36.4 Å². The average Bonchev–Trinajstić information content (AvgIpc) is 3.13. The molecule has 0 atom stereocenters. The van der Waals surface area contributed by atoms with Crippen LogP contribution in [-0.4, -0.2) is 19.0 Å². The van der Waals surface area contributed by atoms with Crippen molar-refractivity contribution in [2.45, 2.75) is 12.8 Å². The lowest BCUT2D eigenvalue weighted by molar-refractivity contribution is 0.103. The summed E-state index contributed by atoms with van der Waals surface area (Å²) in [5.74, 6) is 1.88. The first-order valence-corrected chi connectivity index (χ1v) is 6.87. The molecule has 0 aliphatic carbocycles. The molecule has 2 aromatic rings. The van der Waals surface area contributed by atoms with Crippen LogP contribution in [0.2, 0.25) is 0 Å². The van der Waals surface area contributed by atoms with Gasteiger partial charge in [-0.25, -0.2) is 0 Å². The van der Waals surface area contributed by atoms with E-state index in [0.717, 1.165) is 46.6 Å². The maximum absolute atomic E-state index is 12.6. The van der Waals surface area contributed by atoms with Crippen LogP contribution in [0.5, 0.6) is 11.5 Å². The third kappa shape index (κ3) is 1.78. The summed E-state index contributed by atoms with van der Waals surface area (Å²) >= 11 is 0. The Morgan fingerprint density at radius 1 is 0.800 bits per heavy atom. The highest BCUT2D eigenvalue weighted by atomic mass is 16.5. The second-order valence-electron chi connectivity index (χ2n) is 5.17. The van der Waals surface area contributed by atoms with Crippen molar-refractivity contribution >= 4 is 5.78 Å². The second kappa shape index (κ2) is 4.37. The largest absolute Gasteiger partial charge is 0.493 e. The third-order valence-electron chi connectivity index (χ3n) is 3.90. The molecule has 0 spiro atoms. The zero-order chi connectivity index (χ0) is 13.5. The van der Waals surface area contributed by atoms with Gasteiger partial charge < -0.3 is 9.47 Å². The first kappa shape index (κ1) is 11.5. The van der Waals surface area contributed by atoms with Gasteiger partial charge in [0.25, 0.3) is 0 Å². The Morgan fingerprint density at radius 2 is 1.30 bits per heavy atom. The number of benzene rings is 2. The molecular formula is C17H14O3. The minimum absolute atomic E-state index is 0.0643. The maximum atomic E-state index is 12.6. The molecule has 2 aliphatic rings. The number of ether oxygens (including phenoxy) is 2. The van der Waals surface area contributed by atoms with Gasteiger partial charge in [0.05, 0.1) is 13.2 Å². The van der Waals surface area contributed by atoms with Crippen LogP contribution in [0.4, 0.5) is 0 Å². The lowest BCUT2D eigenvalue weighted by Gasteiger charge is -2.05. The predicted octanol–water partition coefficient (Wildman–Crippen LogP) is 2.79. The fourth-order valence-corrected chi connectivity index (χ4v) is 2.82. The summed E-state index contributed by atoms with van der Waals surface area (Å²) in [6, 6.07) is 11.4. The molecule has 20 heavy (non-hydrogen) atoms. The molecular weight excluding hydrogens is 252 g/mol. The number of carbonyl (C=O) groups excluding carboxylic acids is 1. The van der Waals surface area contributed by atoms with Crippen LogP contribution in [0.25, 0.3) is 0 Å². The van der Waals surface area contributed by atoms with E-state index in [4.69, 9.17) is 9.47 Å². The van der Waals surface area contributed by atoms with Crippen molar-refractivity contribution in [1.29, 1.82) is 0 Å². The van der Waals surface area contributed by atoms with E-state index in [9.17, 15) is 4.79 Å². The van der Waals surface area contributed by atoms with Gasteiger partial charge in [-0.15, -0.1) is 0 Å². The molecule has 0 radical (unpaired) electrons. The Hall–Kier alpha value is -2.29. The molecule has 2 aliphatic heterocycles. The summed E-state index contributed by atoms with van der Waals surface area (Å²) in [7, 11) is 0. The highest BCUT2D eigenvalue weighted by Gasteiger charge is 2.18. The molecule has 0 N–H and O–H groups in total. The van der Waals surface area contributed by atoms with Gasteiger partial charge in [-0.3, -0.25) is 4.79 Å². The summed E-state index contributed by atoms with van der Waals surface area (Å²) in [6.45, 7) is 1.42. The Balaban J connectivity index is 1.70. The predicted molar refractivity (Wildman–Crippen MR) is 74.7 cm³/mol. The minimum Gasteiger partial charge on any atom is -0.493 e. The SMILES string of the molecule is O=C(c1ccc2c(c1)CCO2)c1ccc2c(c1)CCO2. The van der Waals surface area contributed by atoms with E-state index >= 15 is 0 Å². The third-order valence-corrected chi connectivity index (χ3v) is 3.90. The van der Waals surface area contributed by atoms with Crippen LogP contribution < -0.4 is 9.47 Å². The van der Waals surface area contributed by atoms with Crippen LogP contribution >= 0.6 is 0 Å². The monoisotopic (exact) mass is 266 g/mol. The number of hydrogen-bond donors (Lipinski definition) is 0. The zero-order valence-corrected chi connectivity index (χ0v) is 11.0. The first-order chi connectivity index (χ1) is 9.81. The van der Waals surface area contributed by atoms with E-state index in [1.807, 2.05) is 36.4 Å². The van der Waals surface area contributed by atoms with Crippen molar-refractivity contribution < 1.29 is 14.3 Å². The smallest absolute Gasteiger partial charge is 0.193 e. The molecule has 2 aromatic carbocycles. The number of carbonyl (C=O) groups is 1. The summed E-state index contributed by atoms with van der Waals surface area (Å²) in [5, 5.41) is 0. The van der Waals surface area contributed by atoms with Crippen molar-refractivity contribution in [3.8, 4) is 11.5 Å². The summed E-state index contributed by atoms with van der Waals surface area (Å²) < 4.78 is 10.9. The molecule has 0 amide bonds. The molecule has 0 saturated heterocycles. The van der Waals surface area contributed by atoms with Crippen molar-refractivity contribution in [2.75, 3.05) is 13.2 Å². The van der Waals surface area contributed by atoms with Crippen molar-refractivity contribution in [1.82, 2.24) is 0 Å². The van der Waals surface area contributed by atoms with Crippen molar-refractivity contribution in [3.63, 3.8) is 0 Å². The van der Waals surface area contributed by atoms with E-state index in [1.165, 1.54) is 0 Å². The summed E-state index contributed by atoms with van der Waals surface area (Å²) in [4.78, 5) is 12.6.